The Labute approximate surface area is 140 Å². The number of ether oxygens (including phenoxy) is 1. The van der Waals surface area contributed by atoms with Crippen LogP contribution < -0.4 is 5.32 Å². The molecule has 0 unspecified atom stereocenters. The molecule has 0 spiro atoms. The minimum absolute atomic E-state index is 0.151. The lowest BCUT2D eigenvalue weighted by Gasteiger charge is -2.19. The molecule has 2 aromatic carbocycles. The van der Waals surface area contributed by atoms with Gasteiger partial charge in [0.15, 0.2) is 0 Å². The standard InChI is InChI=1S/C19H19NO4/c1-12-7-8-14-10-16(18(21)22)17(15(14)9-12)20-19(23)24-11-13-5-3-2-4-6-13/h2-9,16-17H,10-11H2,1H3,(H,20,23)(H,21,22)/t16-,17+/m0/s1. The second kappa shape index (κ2) is 6.74. The maximum atomic E-state index is 12.1. The van der Waals surface area contributed by atoms with Crippen molar-refractivity contribution in [1.29, 1.82) is 0 Å². The van der Waals surface area contributed by atoms with Gasteiger partial charge < -0.3 is 15.2 Å². The van der Waals surface area contributed by atoms with E-state index < -0.39 is 24.0 Å². The first kappa shape index (κ1) is 16.1. The third-order valence-electron chi connectivity index (χ3n) is 4.28. The molecule has 0 saturated heterocycles. The number of carboxylic acids is 1. The number of hydrogen-bond donors (Lipinski definition) is 2. The third-order valence-corrected chi connectivity index (χ3v) is 4.28. The summed E-state index contributed by atoms with van der Waals surface area (Å²) in [4.78, 5) is 23.6. The SMILES string of the molecule is Cc1ccc2c(c1)[C@@H](NC(=O)OCc1ccccc1)[C@@H](C(=O)O)C2. The quantitative estimate of drug-likeness (QED) is 0.905. The number of carbonyl (C=O) groups is 2. The minimum Gasteiger partial charge on any atom is -0.481 e. The summed E-state index contributed by atoms with van der Waals surface area (Å²) < 4.78 is 5.22. The fourth-order valence-corrected chi connectivity index (χ4v) is 3.06. The van der Waals surface area contributed by atoms with Crippen LogP contribution >= 0.6 is 0 Å². The lowest BCUT2D eigenvalue weighted by atomic mass is 10.0. The monoisotopic (exact) mass is 325 g/mol. The van der Waals surface area contributed by atoms with Crippen LogP contribution in [0.15, 0.2) is 48.5 Å². The van der Waals surface area contributed by atoms with Crippen LogP contribution in [-0.4, -0.2) is 17.2 Å². The Morgan fingerprint density at radius 2 is 1.96 bits per heavy atom. The molecule has 2 atom stereocenters. The molecule has 1 aliphatic carbocycles. The van der Waals surface area contributed by atoms with Gasteiger partial charge >= 0.3 is 12.1 Å². The highest BCUT2D eigenvalue weighted by molar-refractivity contribution is 5.76. The Morgan fingerprint density at radius 3 is 2.67 bits per heavy atom. The van der Waals surface area contributed by atoms with Crippen molar-refractivity contribution in [2.24, 2.45) is 5.92 Å². The van der Waals surface area contributed by atoms with Gasteiger partial charge in [0, 0.05) is 0 Å². The zero-order chi connectivity index (χ0) is 17.1. The molecule has 0 heterocycles. The Hall–Kier alpha value is -2.82. The zero-order valence-electron chi connectivity index (χ0n) is 13.4. The molecular formula is C19H19NO4. The van der Waals surface area contributed by atoms with E-state index in [1.807, 2.05) is 55.5 Å². The summed E-state index contributed by atoms with van der Waals surface area (Å²) >= 11 is 0. The molecular weight excluding hydrogens is 306 g/mol. The summed E-state index contributed by atoms with van der Waals surface area (Å²) in [5, 5.41) is 12.2. The highest BCUT2D eigenvalue weighted by Gasteiger charge is 2.38. The van der Waals surface area contributed by atoms with Crippen molar-refractivity contribution in [3.05, 3.63) is 70.8 Å². The van der Waals surface area contributed by atoms with Gasteiger partial charge in [-0.2, -0.15) is 0 Å². The molecule has 0 radical (unpaired) electrons. The first-order valence-corrected chi connectivity index (χ1v) is 7.84. The van der Waals surface area contributed by atoms with E-state index in [9.17, 15) is 14.7 Å². The number of nitrogens with one attached hydrogen (secondary N) is 1. The molecule has 0 saturated carbocycles. The van der Waals surface area contributed by atoms with Crippen LogP contribution in [0.4, 0.5) is 4.79 Å². The number of carbonyl (C=O) groups excluding carboxylic acids is 1. The van der Waals surface area contributed by atoms with E-state index in [-0.39, 0.29) is 6.61 Å². The number of aryl methyl sites for hydroxylation is 1. The van der Waals surface area contributed by atoms with E-state index in [2.05, 4.69) is 5.32 Å². The molecule has 5 heteroatoms. The molecule has 0 fully saturated rings. The van der Waals surface area contributed by atoms with Crippen LogP contribution in [0, 0.1) is 12.8 Å². The number of alkyl carbamates (subject to hydrolysis) is 1. The maximum absolute atomic E-state index is 12.1. The lowest BCUT2D eigenvalue weighted by Crippen LogP contribution is -2.34. The average Bonchev–Trinajstić information content (AvgIpc) is 2.92. The molecule has 5 nitrogen and oxygen atoms in total. The number of aliphatic carboxylic acids is 1. The highest BCUT2D eigenvalue weighted by Crippen LogP contribution is 2.37. The summed E-state index contributed by atoms with van der Waals surface area (Å²) in [6.45, 7) is 2.09. The van der Waals surface area contributed by atoms with E-state index in [0.717, 1.165) is 22.3 Å². The summed E-state index contributed by atoms with van der Waals surface area (Å²) in [7, 11) is 0. The second-order valence-corrected chi connectivity index (χ2v) is 6.03. The van der Waals surface area contributed by atoms with Gasteiger partial charge in [-0.05, 0) is 30.0 Å². The van der Waals surface area contributed by atoms with Gasteiger partial charge in [0.25, 0.3) is 0 Å². The molecule has 2 aromatic rings. The summed E-state index contributed by atoms with van der Waals surface area (Å²) in [6, 6.07) is 14.6. The predicted molar refractivity (Wildman–Crippen MR) is 88.5 cm³/mol. The molecule has 24 heavy (non-hydrogen) atoms. The zero-order valence-corrected chi connectivity index (χ0v) is 13.4. The van der Waals surface area contributed by atoms with Crippen LogP contribution in [0.25, 0.3) is 0 Å². The van der Waals surface area contributed by atoms with Crippen molar-refractivity contribution in [3.8, 4) is 0 Å². The smallest absolute Gasteiger partial charge is 0.407 e. The first-order valence-electron chi connectivity index (χ1n) is 7.84. The van der Waals surface area contributed by atoms with Crippen molar-refractivity contribution >= 4 is 12.1 Å². The molecule has 3 rings (SSSR count). The minimum atomic E-state index is -0.919. The van der Waals surface area contributed by atoms with Crippen LogP contribution in [-0.2, 0) is 22.6 Å². The normalized spacial score (nSPS) is 18.7. The van der Waals surface area contributed by atoms with Crippen molar-refractivity contribution in [1.82, 2.24) is 5.32 Å². The fraction of sp³-hybridized carbons (Fsp3) is 0.263. The van der Waals surface area contributed by atoms with Gasteiger partial charge in [0.1, 0.15) is 6.61 Å². The largest absolute Gasteiger partial charge is 0.481 e. The van der Waals surface area contributed by atoms with Gasteiger partial charge in [-0.3, -0.25) is 4.79 Å². The van der Waals surface area contributed by atoms with E-state index >= 15 is 0 Å². The van der Waals surface area contributed by atoms with E-state index in [4.69, 9.17) is 4.74 Å². The predicted octanol–water partition coefficient (Wildman–Crippen LogP) is 3.22. The van der Waals surface area contributed by atoms with Crippen molar-refractivity contribution < 1.29 is 19.4 Å². The van der Waals surface area contributed by atoms with Crippen LogP contribution in [0.2, 0.25) is 0 Å². The Kier molecular flexibility index (Phi) is 4.51. The van der Waals surface area contributed by atoms with Crippen LogP contribution in [0.5, 0.6) is 0 Å². The third kappa shape index (κ3) is 3.40. The van der Waals surface area contributed by atoms with Crippen LogP contribution in [0.3, 0.4) is 0 Å². The van der Waals surface area contributed by atoms with E-state index in [1.165, 1.54) is 0 Å². The van der Waals surface area contributed by atoms with Gasteiger partial charge in [0.05, 0.1) is 12.0 Å². The summed E-state index contributed by atoms with van der Waals surface area (Å²) in [5.41, 5.74) is 3.73. The Morgan fingerprint density at radius 1 is 1.21 bits per heavy atom. The number of rotatable bonds is 4. The van der Waals surface area contributed by atoms with Crippen molar-refractivity contribution in [2.75, 3.05) is 0 Å². The van der Waals surface area contributed by atoms with E-state index in [0.29, 0.717) is 6.42 Å². The molecule has 0 bridgehead atoms. The molecule has 1 aliphatic rings. The number of benzene rings is 2. The second-order valence-electron chi connectivity index (χ2n) is 6.03. The lowest BCUT2D eigenvalue weighted by molar-refractivity contribution is -0.142. The Balaban J connectivity index is 1.71. The molecule has 0 aromatic heterocycles. The highest BCUT2D eigenvalue weighted by atomic mass is 16.5. The van der Waals surface area contributed by atoms with Crippen LogP contribution in [0.1, 0.15) is 28.3 Å². The van der Waals surface area contributed by atoms with E-state index in [1.54, 1.807) is 0 Å². The molecule has 124 valence electrons. The maximum Gasteiger partial charge on any atom is 0.407 e. The van der Waals surface area contributed by atoms with Crippen molar-refractivity contribution in [3.63, 3.8) is 0 Å². The van der Waals surface area contributed by atoms with Gasteiger partial charge in [-0.1, -0.05) is 54.1 Å². The fourth-order valence-electron chi connectivity index (χ4n) is 3.06. The van der Waals surface area contributed by atoms with Gasteiger partial charge in [-0.15, -0.1) is 0 Å². The summed E-state index contributed by atoms with van der Waals surface area (Å²) in [6.07, 6.45) is -0.196. The molecule has 0 aliphatic heterocycles. The van der Waals surface area contributed by atoms with Crippen molar-refractivity contribution in [2.45, 2.75) is 26.0 Å². The number of hydrogen-bond acceptors (Lipinski definition) is 3. The van der Waals surface area contributed by atoms with Gasteiger partial charge in [-0.25, -0.2) is 4.79 Å². The topological polar surface area (TPSA) is 75.6 Å². The average molecular weight is 325 g/mol. The first-order chi connectivity index (χ1) is 11.5. The molecule has 1 amide bonds. The number of amides is 1. The van der Waals surface area contributed by atoms with Gasteiger partial charge in [0.2, 0.25) is 0 Å². The Bertz CT molecular complexity index is 757. The molecule has 2 N–H and O–H groups in total. The number of carboxylic acid groups (broad SMARTS) is 1. The number of fused-ring (bicyclic) bond motifs is 1. The summed E-state index contributed by atoms with van der Waals surface area (Å²) in [5.74, 6) is -1.59.